The van der Waals surface area contributed by atoms with E-state index in [0.717, 1.165) is 62.6 Å². The molecule has 2 atom stereocenters. The summed E-state index contributed by atoms with van der Waals surface area (Å²) in [6.45, 7) is 7.06. The highest BCUT2D eigenvalue weighted by Gasteiger charge is 2.45. The number of alkyl halides is 3. The van der Waals surface area contributed by atoms with Crippen molar-refractivity contribution in [3.8, 4) is 5.75 Å². The zero-order valence-electron chi connectivity index (χ0n) is 33.1. The van der Waals surface area contributed by atoms with Crippen molar-refractivity contribution in [1.29, 1.82) is 0 Å². The van der Waals surface area contributed by atoms with Gasteiger partial charge in [-0.1, -0.05) is 50.7 Å². The third-order valence-corrected chi connectivity index (χ3v) is 13.8. The summed E-state index contributed by atoms with van der Waals surface area (Å²) < 4.78 is 82.5. The Bertz CT molecular complexity index is 1710. The number of sulfonamides is 1. The summed E-state index contributed by atoms with van der Waals surface area (Å²) in [5.74, 6) is 0.918. The Morgan fingerprint density at radius 3 is 2.00 bits per heavy atom. The summed E-state index contributed by atoms with van der Waals surface area (Å²) in [5, 5.41) is 2.90. The maximum Gasteiger partial charge on any atom is 0.416 e. The molecule has 2 amide bonds. The fraction of sp³-hybridized carbons (Fsp3) is 0.667. The molecule has 6 rings (SSSR count). The van der Waals surface area contributed by atoms with Crippen LogP contribution in [0.4, 0.5) is 18.0 Å². The second-order valence-corrected chi connectivity index (χ2v) is 19.0. The number of hydrogen-bond acceptors (Lipinski definition) is 7. The molecule has 0 spiro atoms. The van der Waals surface area contributed by atoms with E-state index in [9.17, 15) is 31.2 Å². The number of carbonyl (C=O) groups is 2. The molecule has 2 aromatic carbocycles. The Labute approximate surface area is 330 Å². The minimum absolute atomic E-state index is 0.0409. The van der Waals surface area contributed by atoms with Gasteiger partial charge in [0, 0.05) is 44.8 Å². The molecule has 56 heavy (non-hydrogen) atoms. The van der Waals surface area contributed by atoms with E-state index >= 15 is 0 Å². The lowest BCUT2D eigenvalue weighted by atomic mass is 9.79. The van der Waals surface area contributed by atoms with Gasteiger partial charge in [-0.15, -0.1) is 0 Å². The number of halogens is 3. The molecule has 14 heteroatoms. The first-order valence-electron chi connectivity index (χ1n) is 20.5. The minimum atomic E-state index is -4.47. The number of nitrogens with one attached hydrogen (secondary N) is 1. The Hall–Kier alpha value is -3.36. The van der Waals surface area contributed by atoms with Crippen LogP contribution in [0.25, 0.3) is 0 Å². The van der Waals surface area contributed by atoms with Gasteiger partial charge in [-0.2, -0.15) is 17.5 Å². The molecule has 0 bridgehead atoms. The van der Waals surface area contributed by atoms with Crippen LogP contribution in [0.3, 0.4) is 0 Å². The molecule has 4 aliphatic rings. The molecule has 2 aliphatic carbocycles. The normalized spacial score (nSPS) is 22.4. The second kappa shape index (κ2) is 18.1. The number of benzene rings is 2. The standard InChI is InChI=1S/C42H59F3N4O6S/c1-41(2,3)55-40(51)46-34-22-24-47(25-23-34)39(50)37-28-48(38(31-12-8-5-9-13-31)32-14-16-33(17-15-32)42(43,44)45)26-27-49(37)56(52,53)36-20-18-35(19-21-36)54-29-30-10-6-4-7-11-30/h14-21,30-31,34,37-38H,4-13,22-29H2,1-3H3,(H,46,51). The molecule has 0 aromatic heterocycles. The summed E-state index contributed by atoms with van der Waals surface area (Å²) in [6.07, 6.45) is 6.78. The van der Waals surface area contributed by atoms with E-state index in [0.29, 0.717) is 50.8 Å². The molecular formula is C42H59F3N4O6S. The number of rotatable bonds is 10. The SMILES string of the molecule is CC(C)(C)OC(=O)NC1CCN(C(=O)C2CN(C(c3ccc(C(F)(F)F)cc3)C3CCCCC3)CCN2S(=O)(=O)c2ccc(OCC3CCCCC3)cc2)CC1. The van der Waals surface area contributed by atoms with Crippen LogP contribution in [0.2, 0.25) is 0 Å². The number of hydrogen-bond donors (Lipinski definition) is 1. The smallest absolute Gasteiger partial charge is 0.416 e. The highest BCUT2D eigenvalue weighted by Crippen LogP contribution is 2.41. The van der Waals surface area contributed by atoms with Gasteiger partial charge in [0.25, 0.3) is 0 Å². The summed E-state index contributed by atoms with van der Waals surface area (Å²) in [5.41, 5.74) is -0.631. The van der Waals surface area contributed by atoms with Gasteiger partial charge in [0.1, 0.15) is 17.4 Å². The molecule has 2 saturated heterocycles. The quantitative estimate of drug-likeness (QED) is 0.258. The van der Waals surface area contributed by atoms with E-state index in [-0.39, 0.29) is 41.9 Å². The molecule has 1 N–H and O–H groups in total. The molecule has 310 valence electrons. The summed E-state index contributed by atoms with van der Waals surface area (Å²) in [6, 6.07) is 10.2. The molecule has 4 fully saturated rings. The lowest BCUT2D eigenvalue weighted by Gasteiger charge is -2.47. The lowest BCUT2D eigenvalue weighted by molar-refractivity contribution is -0.139. The van der Waals surface area contributed by atoms with Crippen molar-refractivity contribution >= 4 is 22.0 Å². The zero-order valence-corrected chi connectivity index (χ0v) is 33.9. The van der Waals surface area contributed by atoms with Crippen LogP contribution in [0.5, 0.6) is 5.75 Å². The van der Waals surface area contributed by atoms with Crippen LogP contribution in [-0.4, -0.2) is 91.5 Å². The predicted octanol–water partition coefficient (Wildman–Crippen LogP) is 8.18. The molecule has 2 saturated carbocycles. The molecule has 2 unspecified atom stereocenters. The Morgan fingerprint density at radius 2 is 1.41 bits per heavy atom. The van der Waals surface area contributed by atoms with Gasteiger partial charge < -0.3 is 19.7 Å². The molecular weight excluding hydrogens is 746 g/mol. The first kappa shape index (κ1) is 42.3. The maximum atomic E-state index is 14.6. The number of piperidine rings is 1. The first-order chi connectivity index (χ1) is 26.6. The largest absolute Gasteiger partial charge is 0.493 e. The highest BCUT2D eigenvalue weighted by atomic mass is 32.2. The average Bonchev–Trinajstić information content (AvgIpc) is 3.17. The molecule has 2 aliphatic heterocycles. The molecule has 2 aromatic rings. The maximum absolute atomic E-state index is 14.6. The second-order valence-electron chi connectivity index (χ2n) is 17.1. The summed E-state index contributed by atoms with van der Waals surface area (Å²) >= 11 is 0. The highest BCUT2D eigenvalue weighted by molar-refractivity contribution is 7.89. The van der Waals surface area contributed by atoms with Gasteiger partial charge in [-0.05, 0) is 113 Å². The van der Waals surface area contributed by atoms with E-state index in [1.165, 1.54) is 23.6 Å². The zero-order chi connectivity index (χ0) is 40.1. The molecule has 0 radical (unpaired) electrons. The Kier molecular flexibility index (Phi) is 13.6. The van der Waals surface area contributed by atoms with Crippen LogP contribution >= 0.6 is 0 Å². The van der Waals surface area contributed by atoms with Gasteiger partial charge in [0.15, 0.2) is 0 Å². The number of carbonyl (C=O) groups excluding carboxylic acids is 2. The van der Waals surface area contributed by atoms with Gasteiger partial charge in [0.05, 0.1) is 17.1 Å². The summed E-state index contributed by atoms with van der Waals surface area (Å²) in [7, 11) is -4.15. The number of likely N-dealkylation sites (tertiary alicyclic amines) is 1. The van der Waals surface area contributed by atoms with E-state index in [2.05, 4.69) is 10.2 Å². The van der Waals surface area contributed by atoms with Crippen molar-refractivity contribution < 1.29 is 40.7 Å². The molecule has 10 nitrogen and oxygen atoms in total. The minimum Gasteiger partial charge on any atom is -0.493 e. The Balaban J connectivity index is 1.24. The Morgan fingerprint density at radius 1 is 0.804 bits per heavy atom. The fourth-order valence-corrected chi connectivity index (χ4v) is 10.5. The van der Waals surface area contributed by atoms with Crippen LogP contribution in [0.1, 0.15) is 115 Å². The van der Waals surface area contributed by atoms with Gasteiger partial charge in [0.2, 0.25) is 15.9 Å². The number of piperazine rings is 1. The van der Waals surface area contributed by atoms with Crippen molar-refractivity contribution in [2.45, 2.75) is 133 Å². The first-order valence-corrected chi connectivity index (χ1v) is 22.0. The van der Waals surface area contributed by atoms with Crippen molar-refractivity contribution in [3.63, 3.8) is 0 Å². The number of nitrogens with zero attached hydrogens (tertiary/aromatic N) is 3. The number of amides is 2. The third-order valence-electron chi connectivity index (χ3n) is 11.9. The van der Waals surface area contributed by atoms with Crippen LogP contribution < -0.4 is 10.1 Å². The van der Waals surface area contributed by atoms with E-state index < -0.39 is 39.5 Å². The number of ether oxygens (including phenoxy) is 2. The van der Waals surface area contributed by atoms with Crippen molar-refractivity contribution in [3.05, 3.63) is 59.7 Å². The lowest BCUT2D eigenvalue weighted by Crippen LogP contribution is -2.62. The monoisotopic (exact) mass is 804 g/mol. The fourth-order valence-electron chi connectivity index (χ4n) is 8.97. The van der Waals surface area contributed by atoms with Crippen molar-refractivity contribution in [2.24, 2.45) is 11.8 Å². The van der Waals surface area contributed by atoms with E-state index in [4.69, 9.17) is 9.47 Å². The van der Waals surface area contributed by atoms with Gasteiger partial charge >= 0.3 is 12.3 Å². The van der Waals surface area contributed by atoms with Crippen LogP contribution in [0, 0.1) is 11.8 Å². The van der Waals surface area contributed by atoms with E-state index in [1.54, 1.807) is 62.1 Å². The topological polar surface area (TPSA) is 108 Å². The van der Waals surface area contributed by atoms with Gasteiger partial charge in [-0.25, -0.2) is 13.2 Å². The summed E-state index contributed by atoms with van der Waals surface area (Å²) in [4.78, 5) is 31.0. The van der Waals surface area contributed by atoms with Crippen molar-refractivity contribution in [1.82, 2.24) is 19.4 Å². The third kappa shape index (κ3) is 10.8. The number of alkyl carbamates (subject to hydrolysis) is 1. The molecule has 2 heterocycles. The average molecular weight is 805 g/mol. The van der Waals surface area contributed by atoms with Crippen molar-refractivity contribution in [2.75, 3.05) is 39.3 Å². The van der Waals surface area contributed by atoms with Gasteiger partial charge in [-0.3, -0.25) is 9.69 Å². The predicted molar refractivity (Wildman–Crippen MR) is 207 cm³/mol. The van der Waals surface area contributed by atoms with Crippen LogP contribution in [-0.2, 0) is 25.7 Å². The van der Waals surface area contributed by atoms with Crippen LogP contribution in [0.15, 0.2) is 53.4 Å². The van der Waals surface area contributed by atoms with E-state index in [1.807, 2.05) is 0 Å².